The van der Waals surface area contributed by atoms with Crippen LogP contribution in [0.3, 0.4) is 0 Å². The third-order valence-corrected chi connectivity index (χ3v) is 6.08. The molecule has 0 amide bonds. The summed E-state index contributed by atoms with van der Waals surface area (Å²) in [6.45, 7) is 8.97. The van der Waals surface area contributed by atoms with Gasteiger partial charge in [0.05, 0.1) is 31.3 Å². The van der Waals surface area contributed by atoms with E-state index in [2.05, 4.69) is 40.1 Å². The van der Waals surface area contributed by atoms with Gasteiger partial charge in [0.2, 0.25) is 5.95 Å². The van der Waals surface area contributed by atoms with Crippen molar-refractivity contribution >= 4 is 23.3 Å². The maximum atomic E-state index is 5.49. The number of nitrogens with one attached hydrogen (secondary N) is 1. The summed E-state index contributed by atoms with van der Waals surface area (Å²) in [6.07, 6.45) is 4.58. The van der Waals surface area contributed by atoms with Gasteiger partial charge in [0.15, 0.2) is 0 Å². The summed E-state index contributed by atoms with van der Waals surface area (Å²) in [7, 11) is 1.92. The normalized spacial score (nSPS) is 16.4. The van der Waals surface area contributed by atoms with Crippen LogP contribution in [0.15, 0.2) is 24.5 Å². The third kappa shape index (κ3) is 3.93. The minimum absolute atomic E-state index is 0.723. The van der Waals surface area contributed by atoms with Gasteiger partial charge in [-0.05, 0) is 25.5 Å². The lowest BCUT2D eigenvalue weighted by atomic mass is 10.0. The first-order valence-corrected chi connectivity index (χ1v) is 10.7. The van der Waals surface area contributed by atoms with Crippen molar-refractivity contribution in [3.8, 4) is 0 Å². The molecule has 9 heteroatoms. The van der Waals surface area contributed by atoms with Crippen molar-refractivity contribution in [2.75, 3.05) is 48.0 Å². The number of morpholine rings is 1. The lowest BCUT2D eigenvalue weighted by Crippen LogP contribution is -2.38. The van der Waals surface area contributed by atoms with Gasteiger partial charge in [0.25, 0.3) is 0 Å². The Morgan fingerprint density at radius 2 is 1.90 bits per heavy atom. The molecular formula is C22H28N8O. The first-order valence-electron chi connectivity index (χ1n) is 10.7. The average molecular weight is 421 g/mol. The second-order valence-electron chi connectivity index (χ2n) is 8.12. The van der Waals surface area contributed by atoms with Crippen molar-refractivity contribution in [3.63, 3.8) is 0 Å². The highest BCUT2D eigenvalue weighted by Crippen LogP contribution is 2.29. The number of ether oxygens (including phenoxy) is 1. The van der Waals surface area contributed by atoms with Gasteiger partial charge in [-0.3, -0.25) is 9.67 Å². The number of hydrogen-bond acceptors (Lipinski definition) is 8. The number of anilines is 4. The maximum Gasteiger partial charge on any atom is 0.227 e. The zero-order valence-electron chi connectivity index (χ0n) is 18.3. The number of fused-ring (bicyclic) bond motifs is 1. The predicted molar refractivity (Wildman–Crippen MR) is 120 cm³/mol. The largest absolute Gasteiger partial charge is 0.378 e. The van der Waals surface area contributed by atoms with Crippen LogP contribution >= 0.6 is 0 Å². The number of aromatic nitrogens is 5. The summed E-state index contributed by atoms with van der Waals surface area (Å²) >= 11 is 0. The van der Waals surface area contributed by atoms with E-state index < -0.39 is 0 Å². The Hall–Kier alpha value is -3.20. The Labute approximate surface area is 182 Å². The zero-order valence-corrected chi connectivity index (χ0v) is 18.3. The van der Waals surface area contributed by atoms with Gasteiger partial charge in [-0.15, -0.1) is 0 Å². The molecule has 0 atom stereocenters. The van der Waals surface area contributed by atoms with Crippen LogP contribution < -0.4 is 15.1 Å². The van der Waals surface area contributed by atoms with E-state index in [1.54, 1.807) is 6.20 Å². The monoisotopic (exact) mass is 420 g/mol. The Morgan fingerprint density at radius 1 is 1.06 bits per heavy atom. The molecule has 5 rings (SSSR count). The lowest BCUT2D eigenvalue weighted by molar-refractivity contribution is 0.122. The van der Waals surface area contributed by atoms with Crippen LogP contribution in [-0.4, -0.2) is 57.6 Å². The SMILES string of the molecule is Cc1nc(N2CCOCC2)nc(N2CCc3ncc(Nc4ccnn4C)cc3C2)c1C. The molecule has 0 saturated carbocycles. The Bertz CT molecular complexity index is 1090. The van der Waals surface area contributed by atoms with Crippen molar-refractivity contribution in [2.24, 2.45) is 7.05 Å². The van der Waals surface area contributed by atoms with Crippen LogP contribution in [-0.2, 0) is 24.8 Å². The van der Waals surface area contributed by atoms with E-state index in [4.69, 9.17) is 19.7 Å². The van der Waals surface area contributed by atoms with Gasteiger partial charge in [-0.1, -0.05) is 0 Å². The predicted octanol–water partition coefficient (Wildman–Crippen LogP) is 2.36. The molecule has 5 heterocycles. The van der Waals surface area contributed by atoms with Crippen molar-refractivity contribution < 1.29 is 4.74 Å². The molecule has 1 N–H and O–H groups in total. The second kappa shape index (κ2) is 8.14. The second-order valence-corrected chi connectivity index (χ2v) is 8.12. The highest BCUT2D eigenvalue weighted by Gasteiger charge is 2.24. The molecule has 162 valence electrons. The Morgan fingerprint density at radius 3 is 2.68 bits per heavy atom. The summed E-state index contributed by atoms with van der Waals surface area (Å²) in [4.78, 5) is 19.0. The molecule has 0 spiro atoms. The average Bonchev–Trinajstić information content (AvgIpc) is 3.20. The highest BCUT2D eigenvalue weighted by molar-refractivity contribution is 5.59. The van der Waals surface area contributed by atoms with Crippen LogP contribution in [0, 0.1) is 13.8 Å². The summed E-state index contributed by atoms with van der Waals surface area (Å²) in [5.41, 5.74) is 5.51. The fourth-order valence-electron chi connectivity index (χ4n) is 4.13. The standard InChI is InChI=1S/C22H28N8O/c1-15-16(2)25-22(29-8-10-31-11-9-29)27-21(15)30-7-5-19-17(14-30)12-18(13-23-19)26-20-4-6-24-28(20)3/h4,6,12-13,26H,5,7-11,14H2,1-3H3. The summed E-state index contributed by atoms with van der Waals surface area (Å²) < 4.78 is 7.30. The molecule has 1 fully saturated rings. The molecule has 0 aromatic carbocycles. The minimum atomic E-state index is 0.723. The third-order valence-electron chi connectivity index (χ3n) is 6.08. The number of rotatable bonds is 4. The number of pyridine rings is 1. The van der Waals surface area contributed by atoms with Gasteiger partial charge < -0.3 is 19.9 Å². The molecule has 9 nitrogen and oxygen atoms in total. The fourth-order valence-corrected chi connectivity index (χ4v) is 4.13. The van der Waals surface area contributed by atoms with Crippen LogP contribution in [0.25, 0.3) is 0 Å². The van der Waals surface area contributed by atoms with Gasteiger partial charge >= 0.3 is 0 Å². The van der Waals surface area contributed by atoms with E-state index in [1.165, 1.54) is 5.56 Å². The van der Waals surface area contributed by atoms with Crippen LogP contribution in [0.4, 0.5) is 23.3 Å². The van der Waals surface area contributed by atoms with E-state index in [-0.39, 0.29) is 0 Å². The zero-order chi connectivity index (χ0) is 21.4. The van der Waals surface area contributed by atoms with E-state index in [9.17, 15) is 0 Å². The molecule has 31 heavy (non-hydrogen) atoms. The molecule has 3 aromatic rings. The molecular weight excluding hydrogens is 392 g/mol. The molecule has 2 aliphatic rings. The van der Waals surface area contributed by atoms with Crippen molar-refractivity contribution in [1.82, 2.24) is 24.7 Å². The summed E-state index contributed by atoms with van der Waals surface area (Å²) in [5.74, 6) is 2.76. The molecule has 0 bridgehead atoms. The summed E-state index contributed by atoms with van der Waals surface area (Å²) in [6, 6.07) is 4.14. The smallest absolute Gasteiger partial charge is 0.227 e. The molecule has 0 radical (unpaired) electrons. The molecule has 3 aromatic heterocycles. The quantitative estimate of drug-likeness (QED) is 0.689. The molecule has 1 saturated heterocycles. The lowest BCUT2D eigenvalue weighted by Gasteiger charge is -2.33. The summed E-state index contributed by atoms with van der Waals surface area (Å²) in [5, 5.41) is 7.62. The van der Waals surface area contributed by atoms with Crippen molar-refractivity contribution in [1.29, 1.82) is 0 Å². The molecule has 2 aliphatic heterocycles. The van der Waals surface area contributed by atoms with Gasteiger partial charge in [-0.25, -0.2) is 4.98 Å². The van der Waals surface area contributed by atoms with E-state index >= 15 is 0 Å². The molecule has 0 aliphatic carbocycles. The number of aryl methyl sites for hydroxylation is 2. The van der Waals surface area contributed by atoms with E-state index in [0.717, 1.165) is 86.0 Å². The van der Waals surface area contributed by atoms with Crippen molar-refractivity contribution in [3.05, 3.63) is 47.0 Å². The van der Waals surface area contributed by atoms with Crippen molar-refractivity contribution in [2.45, 2.75) is 26.8 Å². The first-order chi connectivity index (χ1) is 15.1. The minimum Gasteiger partial charge on any atom is -0.378 e. The fraction of sp³-hybridized carbons (Fsp3) is 0.455. The highest BCUT2D eigenvalue weighted by atomic mass is 16.5. The van der Waals surface area contributed by atoms with E-state index in [1.807, 2.05) is 24.0 Å². The van der Waals surface area contributed by atoms with Crippen LogP contribution in [0.1, 0.15) is 22.5 Å². The van der Waals surface area contributed by atoms with Crippen LogP contribution in [0.5, 0.6) is 0 Å². The topological polar surface area (TPSA) is 84.2 Å². The maximum absolute atomic E-state index is 5.49. The Balaban J connectivity index is 1.41. The number of hydrogen-bond donors (Lipinski definition) is 1. The van der Waals surface area contributed by atoms with E-state index in [0.29, 0.717) is 0 Å². The van der Waals surface area contributed by atoms with Gasteiger partial charge in [0.1, 0.15) is 11.6 Å². The van der Waals surface area contributed by atoms with Gasteiger partial charge in [0, 0.05) is 62.7 Å². The Kier molecular flexibility index (Phi) is 5.19. The van der Waals surface area contributed by atoms with Crippen LogP contribution in [0.2, 0.25) is 0 Å². The number of nitrogens with zero attached hydrogens (tertiary/aromatic N) is 7. The van der Waals surface area contributed by atoms with Gasteiger partial charge in [-0.2, -0.15) is 10.1 Å². The molecule has 0 unspecified atom stereocenters. The first kappa shape index (κ1) is 19.7.